The first-order chi connectivity index (χ1) is 9.20. The summed E-state index contributed by atoms with van der Waals surface area (Å²) in [6, 6.07) is 8.74. The van der Waals surface area contributed by atoms with E-state index >= 15 is 0 Å². The number of halogens is 1. The second-order valence-electron chi connectivity index (χ2n) is 5.36. The van der Waals surface area contributed by atoms with E-state index in [4.69, 9.17) is 5.73 Å². The number of nitrogens with zero attached hydrogens (tertiary/aromatic N) is 1. The van der Waals surface area contributed by atoms with E-state index in [1.807, 2.05) is 6.20 Å². The average molecular weight is 310 g/mol. The molecule has 3 N–H and O–H groups in total. The third kappa shape index (κ3) is 3.14. The monoisotopic (exact) mass is 309 g/mol. The minimum absolute atomic E-state index is 0. The molecule has 1 aromatic carbocycles. The van der Waals surface area contributed by atoms with Crippen LogP contribution in [0.3, 0.4) is 0 Å². The third-order valence-corrected chi connectivity index (χ3v) is 4.73. The van der Waals surface area contributed by atoms with Gasteiger partial charge in [-0.2, -0.15) is 0 Å². The van der Waals surface area contributed by atoms with Crippen LogP contribution in [0.2, 0.25) is 0 Å². The first-order valence-electron chi connectivity index (χ1n) is 6.67. The summed E-state index contributed by atoms with van der Waals surface area (Å²) in [7, 11) is 0. The van der Waals surface area contributed by atoms with Gasteiger partial charge in [-0.3, -0.25) is 0 Å². The van der Waals surface area contributed by atoms with E-state index in [-0.39, 0.29) is 12.4 Å². The lowest BCUT2D eigenvalue weighted by Gasteiger charge is -2.18. The van der Waals surface area contributed by atoms with Crippen LogP contribution in [-0.4, -0.2) is 11.5 Å². The zero-order valence-electron chi connectivity index (χ0n) is 11.6. The van der Waals surface area contributed by atoms with E-state index in [1.165, 1.54) is 28.8 Å². The molecule has 0 amide bonds. The summed E-state index contributed by atoms with van der Waals surface area (Å²) in [5, 5.41) is 4.21. The number of hydrogen-bond acceptors (Lipinski definition) is 4. The number of thiazole rings is 1. The van der Waals surface area contributed by atoms with Gasteiger partial charge in [0.25, 0.3) is 0 Å². The molecule has 0 radical (unpaired) electrons. The second-order valence-corrected chi connectivity index (χ2v) is 6.51. The van der Waals surface area contributed by atoms with Crippen molar-refractivity contribution < 1.29 is 0 Å². The number of rotatable bonds is 5. The van der Waals surface area contributed by atoms with E-state index in [9.17, 15) is 0 Å². The van der Waals surface area contributed by atoms with E-state index in [1.54, 1.807) is 11.3 Å². The van der Waals surface area contributed by atoms with E-state index in [2.05, 4.69) is 41.5 Å². The molecule has 0 unspecified atom stereocenters. The Kier molecular flexibility index (Phi) is 4.68. The lowest BCUT2D eigenvalue weighted by Crippen LogP contribution is -2.26. The SMILES string of the molecule is Cc1ccccc1C1(CNCc2cnc(N)s2)CC1.Cl. The number of hydrogen-bond donors (Lipinski definition) is 2. The van der Waals surface area contributed by atoms with Gasteiger partial charge < -0.3 is 11.1 Å². The maximum absolute atomic E-state index is 5.64. The van der Waals surface area contributed by atoms with E-state index in [0.29, 0.717) is 10.5 Å². The maximum atomic E-state index is 5.64. The average Bonchev–Trinajstić information content (AvgIpc) is 3.06. The van der Waals surface area contributed by atoms with Crippen molar-refractivity contribution in [3.63, 3.8) is 0 Å². The molecular weight excluding hydrogens is 290 g/mol. The molecule has 0 aliphatic heterocycles. The van der Waals surface area contributed by atoms with Crippen molar-refractivity contribution in [2.24, 2.45) is 0 Å². The molecular formula is C15H20ClN3S. The van der Waals surface area contributed by atoms with Gasteiger partial charge in [0.15, 0.2) is 5.13 Å². The highest BCUT2D eigenvalue weighted by atomic mass is 35.5. The molecule has 3 rings (SSSR count). The van der Waals surface area contributed by atoms with Gasteiger partial charge in [-0.15, -0.1) is 23.7 Å². The number of anilines is 1. The molecule has 0 atom stereocenters. The topological polar surface area (TPSA) is 50.9 Å². The Morgan fingerprint density at radius 1 is 1.35 bits per heavy atom. The Morgan fingerprint density at radius 3 is 2.70 bits per heavy atom. The lowest BCUT2D eigenvalue weighted by molar-refractivity contribution is 0.575. The summed E-state index contributed by atoms with van der Waals surface area (Å²) < 4.78 is 0. The van der Waals surface area contributed by atoms with Crippen molar-refractivity contribution in [1.29, 1.82) is 0 Å². The molecule has 0 spiro atoms. The number of nitrogen functional groups attached to an aromatic ring is 1. The minimum atomic E-state index is 0. The van der Waals surface area contributed by atoms with Crippen LogP contribution >= 0.6 is 23.7 Å². The highest BCUT2D eigenvalue weighted by Crippen LogP contribution is 2.48. The van der Waals surface area contributed by atoms with Crippen LogP contribution in [0.25, 0.3) is 0 Å². The molecule has 5 heteroatoms. The van der Waals surface area contributed by atoms with Crippen molar-refractivity contribution in [2.75, 3.05) is 12.3 Å². The zero-order valence-corrected chi connectivity index (χ0v) is 13.2. The standard InChI is InChI=1S/C15H19N3S.ClH/c1-11-4-2-3-5-13(11)15(6-7-15)10-17-8-12-9-18-14(16)19-12;/h2-5,9,17H,6-8,10H2,1H3,(H2,16,18);1H. The molecule has 1 saturated carbocycles. The second kappa shape index (κ2) is 6.12. The molecule has 2 aromatic rings. The van der Waals surface area contributed by atoms with Crippen molar-refractivity contribution in [3.05, 3.63) is 46.5 Å². The molecule has 0 saturated heterocycles. The first-order valence-corrected chi connectivity index (χ1v) is 7.48. The van der Waals surface area contributed by atoms with Gasteiger partial charge in [0.05, 0.1) is 0 Å². The molecule has 1 aliphatic carbocycles. The molecule has 1 fully saturated rings. The van der Waals surface area contributed by atoms with Crippen LogP contribution in [0.4, 0.5) is 5.13 Å². The Morgan fingerprint density at radius 2 is 2.10 bits per heavy atom. The molecule has 108 valence electrons. The largest absolute Gasteiger partial charge is 0.375 e. The normalized spacial score (nSPS) is 15.7. The number of aryl methyl sites for hydroxylation is 1. The predicted molar refractivity (Wildman–Crippen MR) is 87.6 cm³/mol. The summed E-state index contributed by atoms with van der Waals surface area (Å²) in [5.74, 6) is 0. The Balaban J connectivity index is 0.00000147. The fourth-order valence-corrected chi connectivity index (χ4v) is 3.34. The molecule has 1 heterocycles. The van der Waals surface area contributed by atoms with Gasteiger partial charge in [0.2, 0.25) is 0 Å². The van der Waals surface area contributed by atoms with Gasteiger partial charge >= 0.3 is 0 Å². The number of nitrogens with two attached hydrogens (primary N) is 1. The Labute approximate surface area is 130 Å². The zero-order chi connectivity index (χ0) is 13.3. The highest BCUT2D eigenvalue weighted by molar-refractivity contribution is 7.15. The van der Waals surface area contributed by atoms with Crippen LogP contribution in [0.5, 0.6) is 0 Å². The maximum Gasteiger partial charge on any atom is 0.180 e. The summed E-state index contributed by atoms with van der Waals surface area (Å²) in [6.45, 7) is 4.11. The summed E-state index contributed by atoms with van der Waals surface area (Å²) >= 11 is 1.56. The lowest BCUT2D eigenvalue weighted by atomic mass is 9.92. The highest BCUT2D eigenvalue weighted by Gasteiger charge is 2.44. The van der Waals surface area contributed by atoms with Crippen LogP contribution < -0.4 is 11.1 Å². The number of aromatic nitrogens is 1. The summed E-state index contributed by atoms with van der Waals surface area (Å²) in [6.07, 6.45) is 4.44. The molecule has 20 heavy (non-hydrogen) atoms. The van der Waals surface area contributed by atoms with E-state index in [0.717, 1.165) is 13.1 Å². The minimum Gasteiger partial charge on any atom is -0.375 e. The van der Waals surface area contributed by atoms with Crippen LogP contribution in [0, 0.1) is 6.92 Å². The van der Waals surface area contributed by atoms with Gasteiger partial charge in [-0.25, -0.2) is 4.98 Å². The van der Waals surface area contributed by atoms with Crippen LogP contribution in [0.1, 0.15) is 28.8 Å². The predicted octanol–water partition coefficient (Wildman–Crippen LogP) is 3.28. The van der Waals surface area contributed by atoms with Gasteiger partial charge in [0.1, 0.15) is 0 Å². The number of nitrogens with one attached hydrogen (secondary N) is 1. The molecule has 0 bridgehead atoms. The smallest absolute Gasteiger partial charge is 0.180 e. The molecule has 1 aromatic heterocycles. The molecule has 3 nitrogen and oxygen atoms in total. The quantitative estimate of drug-likeness (QED) is 0.891. The van der Waals surface area contributed by atoms with Crippen molar-refractivity contribution in [2.45, 2.75) is 31.7 Å². The summed E-state index contributed by atoms with van der Waals surface area (Å²) in [5.41, 5.74) is 8.91. The third-order valence-electron chi connectivity index (χ3n) is 3.90. The van der Waals surface area contributed by atoms with Gasteiger partial charge in [-0.1, -0.05) is 24.3 Å². The fourth-order valence-electron chi connectivity index (χ4n) is 2.69. The molecule has 1 aliphatic rings. The Hall–Kier alpha value is -1.10. The number of benzene rings is 1. The van der Waals surface area contributed by atoms with Crippen molar-refractivity contribution in [3.8, 4) is 0 Å². The van der Waals surface area contributed by atoms with Crippen LogP contribution in [-0.2, 0) is 12.0 Å². The van der Waals surface area contributed by atoms with Crippen LogP contribution in [0.15, 0.2) is 30.5 Å². The van der Waals surface area contributed by atoms with E-state index < -0.39 is 0 Å². The van der Waals surface area contributed by atoms with Crippen molar-refractivity contribution >= 4 is 28.9 Å². The summed E-state index contributed by atoms with van der Waals surface area (Å²) in [4.78, 5) is 5.28. The van der Waals surface area contributed by atoms with Crippen molar-refractivity contribution in [1.82, 2.24) is 10.3 Å². The van der Waals surface area contributed by atoms with Gasteiger partial charge in [0, 0.05) is 29.6 Å². The van der Waals surface area contributed by atoms with Gasteiger partial charge in [-0.05, 0) is 30.9 Å². The first kappa shape index (κ1) is 15.3. The fraction of sp³-hybridized carbons (Fsp3) is 0.400. The Bertz CT molecular complexity index is 578.